The largest absolute Gasteiger partial charge is 0.465 e. The molecule has 1 N–H and O–H groups in total. The van der Waals surface area contributed by atoms with Crippen molar-refractivity contribution in [2.45, 2.75) is 39.0 Å². The lowest BCUT2D eigenvalue weighted by Crippen LogP contribution is -2.26. The van der Waals surface area contributed by atoms with Crippen molar-refractivity contribution in [1.29, 1.82) is 5.26 Å². The maximum absolute atomic E-state index is 12.5. The molecule has 130 valence electrons. The highest BCUT2D eigenvalue weighted by atomic mass is 32.2. The highest BCUT2D eigenvalue weighted by Crippen LogP contribution is 2.21. The Balaban J connectivity index is 2.94. The van der Waals surface area contributed by atoms with Crippen LogP contribution in [0.3, 0.4) is 0 Å². The van der Waals surface area contributed by atoms with E-state index in [1.54, 1.807) is 26.8 Å². The molecule has 0 aromatic heterocycles. The lowest BCUT2D eigenvalue weighted by molar-refractivity contribution is -0.135. The third-order valence-corrected chi connectivity index (χ3v) is 5.36. The first-order valence-electron chi connectivity index (χ1n) is 7.39. The molecule has 0 bridgehead atoms. The number of aryl methyl sites for hydroxylation is 3. The molecule has 0 radical (unpaired) electrons. The first-order valence-corrected chi connectivity index (χ1v) is 8.88. The van der Waals surface area contributed by atoms with E-state index in [0.29, 0.717) is 16.7 Å². The summed E-state index contributed by atoms with van der Waals surface area (Å²) >= 11 is 0. The molecular formula is C17H22N2O4S. The second-order valence-corrected chi connectivity index (χ2v) is 7.34. The first kappa shape index (κ1) is 19.9. The van der Waals surface area contributed by atoms with E-state index in [1.807, 2.05) is 19.1 Å². The molecule has 0 unspecified atom stereocenters. The fourth-order valence-electron chi connectivity index (χ4n) is 2.58. The number of hydrogen-bond acceptors (Lipinski definition) is 5. The van der Waals surface area contributed by atoms with Gasteiger partial charge in [0.05, 0.1) is 12.0 Å². The molecule has 0 saturated carbocycles. The third-order valence-electron chi connectivity index (χ3n) is 3.59. The van der Waals surface area contributed by atoms with Crippen LogP contribution in [0.25, 0.3) is 0 Å². The minimum atomic E-state index is -3.66. The number of rotatable bonds is 6. The van der Waals surface area contributed by atoms with Crippen LogP contribution in [0.15, 0.2) is 28.2 Å². The van der Waals surface area contributed by atoms with Crippen LogP contribution in [0, 0.1) is 32.1 Å². The van der Waals surface area contributed by atoms with Crippen molar-refractivity contribution >= 4 is 16.0 Å². The molecule has 0 aliphatic rings. The monoisotopic (exact) mass is 350 g/mol. The number of nitriles is 1. The molecule has 24 heavy (non-hydrogen) atoms. The quantitative estimate of drug-likeness (QED) is 0.482. The average molecular weight is 350 g/mol. The standard InChI is InChI=1S/C17H22N2O4S/c1-11-8-13(3)16(14(4)9-11)24(21,22)19-7-6-12(2)15(10-18)17(20)23-5/h8-9,19H,6-7H2,1-5H3/b15-12-. The van der Waals surface area contributed by atoms with Crippen molar-refractivity contribution < 1.29 is 17.9 Å². The van der Waals surface area contributed by atoms with E-state index >= 15 is 0 Å². The summed E-state index contributed by atoms with van der Waals surface area (Å²) in [5.41, 5.74) is 2.74. The van der Waals surface area contributed by atoms with Gasteiger partial charge in [0.1, 0.15) is 11.6 Å². The number of nitrogens with one attached hydrogen (secondary N) is 1. The Hall–Kier alpha value is -2.17. The molecule has 6 nitrogen and oxygen atoms in total. The number of methoxy groups -OCH3 is 1. The van der Waals surface area contributed by atoms with E-state index in [4.69, 9.17) is 5.26 Å². The molecule has 0 fully saturated rings. The van der Waals surface area contributed by atoms with Gasteiger partial charge in [-0.1, -0.05) is 17.7 Å². The van der Waals surface area contributed by atoms with Gasteiger partial charge in [-0.3, -0.25) is 0 Å². The number of hydrogen-bond donors (Lipinski definition) is 1. The van der Waals surface area contributed by atoms with Crippen LogP contribution in [0.2, 0.25) is 0 Å². The zero-order valence-corrected chi connectivity index (χ0v) is 15.4. The lowest BCUT2D eigenvalue weighted by Gasteiger charge is -2.13. The number of benzene rings is 1. The zero-order chi connectivity index (χ0) is 18.5. The molecule has 0 amide bonds. The summed E-state index contributed by atoms with van der Waals surface area (Å²) in [6, 6.07) is 5.42. The molecule has 0 aliphatic carbocycles. The van der Waals surface area contributed by atoms with Gasteiger partial charge in [-0.25, -0.2) is 17.9 Å². The van der Waals surface area contributed by atoms with E-state index in [-0.39, 0.29) is 23.4 Å². The Morgan fingerprint density at radius 2 is 1.79 bits per heavy atom. The topological polar surface area (TPSA) is 96.3 Å². The van der Waals surface area contributed by atoms with E-state index in [9.17, 15) is 13.2 Å². The van der Waals surface area contributed by atoms with Gasteiger partial charge >= 0.3 is 5.97 Å². The molecule has 1 aromatic carbocycles. The Labute approximate surface area is 143 Å². The first-order chi connectivity index (χ1) is 11.1. The van der Waals surface area contributed by atoms with E-state index in [1.165, 1.54) is 7.11 Å². The molecule has 0 spiro atoms. The Morgan fingerprint density at radius 1 is 1.25 bits per heavy atom. The Kier molecular flexibility index (Phi) is 6.70. The summed E-state index contributed by atoms with van der Waals surface area (Å²) in [7, 11) is -2.47. The second-order valence-electron chi connectivity index (χ2n) is 5.63. The van der Waals surface area contributed by atoms with Crippen molar-refractivity contribution in [2.75, 3.05) is 13.7 Å². The van der Waals surface area contributed by atoms with E-state index in [2.05, 4.69) is 9.46 Å². The van der Waals surface area contributed by atoms with Crippen LogP contribution < -0.4 is 4.72 Å². The summed E-state index contributed by atoms with van der Waals surface area (Å²) in [6.07, 6.45) is 0.237. The molecule has 1 aromatic rings. The number of nitrogens with zero attached hydrogens (tertiary/aromatic N) is 1. The van der Waals surface area contributed by atoms with Crippen LogP contribution in [-0.2, 0) is 19.6 Å². The van der Waals surface area contributed by atoms with E-state index in [0.717, 1.165) is 5.56 Å². The fraction of sp³-hybridized carbons (Fsp3) is 0.412. The highest BCUT2D eigenvalue weighted by molar-refractivity contribution is 7.89. The van der Waals surface area contributed by atoms with Crippen molar-refractivity contribution in [1.82, 2.24) is 4.72 Å². The SMILES string of the molecule is COC(=O)/C(C#N)=C(/C)CCNS(=O)(=O)c1c(C)cc(C)cc1C. The number of carbonyl (C=O) groups is 1. The van der Waals surface area contributed by atoms with Crippen molar-refractivity contribution in [3.63, 3.8) is 0 Å². The van der Waals surface area contributed by atoms with Crippen LogP contribution in [-0.4, -0.2) is 28.0 Å². The van der Waals surface area contributed by atoms with Crippen LogP contribution >= 0.6 is 0 Å². The van der Waals surface area contributed by atoms with Gasteiger partial charge in [-0.05, 0) is 50.8 Å². The van der Waals surface area contributed by atoms with Crippen molar-refractivity contribution in [3.8, 4) is 6.07 Å². The van der Waals surface area contributed by atoms with Crippen LogP contribution in [0.5, 0.6) is 0 Å². The summed E-state index contributed by atoms with van der Waals surface area (Å²) in [5.74, 6) is -0.719. The zero-order valence-electron chi connectivity index (χ0n) is 14.6. The van der Waals surface area contributed by atoms with Gasteiger partial charge in [0.15, 0.2) is 0 Å². The Bertz CT molecular complexity index is 794. The van der Waals surface area contributed by atoms with Gasteiger partial charge < -0.3 is 4.74 Å². The maximum Gasteiger partial charge on any atom is 0.348 e. The predicted octanol–water partition coefficient (Wildman–Crippen LogP) is 2.29. The third kappa shape index (κ3) is 4.66. The minimum absolute atomic E-state index is 0.0864. The molecule has 7 heteroatoms. The van der Waals surface area contributed by atoms with Crippen molar-refractivity contribution in [2.24, 2.45) is 0 Å². The number of ether oxygens (including phenoxy) is 1. The predicted molar refractivity (Wildman–Crippen MR) is 90.8 cm³/mol. The average Bonchev–Trinajstić information content (AvgIpc) is 2.45. The smallest absolute Gasteiger partial charge is 0.348 e. The molecular weight excluding hydrogens is 328 g/mol. The number of carbonyl (C=O) groups excluding carboxylic acids is 1. The minimum Gasteiger partial charge on any atom is -0.465 e. The molecule has 1 rings (SSSR count). The normalized spacial score (nSPS) is 12.3. The van der Waals surface area contributed by atoms with Gasteiger partial charge in [0, 0.05) is 6.54 Å². The number of sulfonamides is 1. The van der Waals surface area contributed by atoms with Gasteiger partial charge in [-0.2, -0.15) is 5.26 Å². The summed E-state index contributed by atoms with van der Waals surface area (Å²) < 4.78 is 32.1. The maximum atomic E-state index is 12.5. The molecule has 0 saturated heterocycles. The molecule has 0 atom stereocenters. The lowest BCUT2D eigenvalue weighted by atomic mass is 10.1. The summed E-state index contributed by atoms with van der Waals surface area (Å²) in [4.78, 5) is 11.7. The van der Waals surface area contributed by atoms with Crippen LogP contribution in [0.1, 0.15) is 30.0 Å². The van der Waals surface area contributed by atoms with Gasteiger partial charge in [-0.15, -0.1) is 0 Å². The van der Waals surface area contributed by atoms with Crippen LogP contribution in [0.4, 0.5) is 0 Å². The van der Waals surface area contributed by atoms with E-state index < -0.39 is 16.0 Å². The second kappa shape index (κ2) is 8.08. The Morgan fingerprint density at radius 3 is 2.25 bits per heavy atom. The summed E-state index contributed by atoms with van der Waals surface area (Å²) in [5, 5.41) is 8.99. The fourth-order valence-corrected chi connectivity index (χ4v) is 4.06. The summed E-state index contributed by atoms with van der Waals surface area (Å²) in [6.45, 7) is 7.11. The molecule has 0 heterocycles. The number of esters is 1. The molecule has 0 aliphatic heterocycles. The van der Waals surface area contributed by atoms with Gasteiger partial charge in [0.25, 0.3) is 0 Å². The highest BCUT2D eigenvalue weighted by Gasteiger charge is 2.20. The van der Waals surface area contributed by atoms with Gasteiger partial charge in [0.2, 0.25) is 10.0 Å². The van der Waals surface area contributed by atoms with Crippen molar-refractivity contribution in [3.05, 3.63) is 40.0 Å².